The highest BCUT2D eigenvalue weighted by Crippen LogP contribution is 2.41. The van der Waals surface area contributed by atoms with Gasteiger partial charge < -0.3 is 9.80 Å². The summed E-state index contributed by atoms with van der Waals surface area (Å²) in [5.41, 5.74) is 14.6. The number of nitrogens with zero attached hydrogens (tertiary/aromatic N) is 2. The number of anilines is 3. The van der Waals surface area contributed by atoms with Crippen LogP contribution in [0.2, 0.25) is 0 Å². The first-order chi connectivity index (χ1) is 29.7. The molecular formula is C58H46N2. The van der Waals surface area contributed by atoms with Gasteiger partial charge in [0, 0.05) is 30.2 Å². The fourth-order valence-electron chi connectivity index (χ4n) is 10.8. The lowest BCUT2D eigenvalue weighted by molar-refractivity contribution is 0.651. The fraction of sp³-hybridized carbons (Fsp3) is 0.138. The number of rotatable bonds is 5. The van der Waals surface area contributed by atoms with Crippen LogP contribution in [-0.4, -0.2) is 19.1 Å². The summed E-state index contributed by atoms with van der Waals surface area (Å²) in [5.74, 6) is 0. The summed E-state index contributed by atoms with van der Waals surface area (Å²) < 4.78 is 0. The van der Waals surface area contributed by atoms with Crippen LogP contribution in [0.25, 0.3) is 77.9 Å². The summed E-state index contributed by atoms with van der Waals surface area (Å²) in [6.07, 6.45) is 10.8. The van der Waals surface area contributed by atoms with Crippen LogP contribution >= 0.6 is 0 Å². The second-order valence-corrected chi connectivity index (χ2v) is 17.0. The van der Waals surface area contributed by atoms with Gasteiger partial charge >= 0.3 is 0 Å². The molecule has 2 nitrogen and oxygen atoms in total. The van der Waals surface area contributed by atoms with E-state index < -0.39 is 0 Å². The normalized spacial score (nSPS) is 15.9. The van der Waals surface area contributed by atoms with E-state index in [-0.39, 0.29) is 6.04 Å². The molecule has 2 aliphatic heterocycles. The Kier molecular flexibility index (Phi) is 8.44. The van der Waals surface area contributed by atoms with Gasteiger partial charge in [0.2, 0.25) is 0 Å². The number of benzene rings is 9. The zero-order valence-corrected chi connectivity index (χ0v) is 33.8. The third-order valence-corrected chi connectivity index (χ3v) is 13.6. The van der Waals surface area contributed by atoms with E-state index in [2.05, 4.69) is 198 Å². The van der Waals surface area contributed by atoms with E-state index >= 15 is 0 Å². The molecule has 0 amide bonds. The van der Waals surface area contributed by atoms with Crippen molar-refractivity contribution in [2.45, 2.75) is 38.1 Å². The maximum absolute atomic E-state index is 2.69. The second-order valence-electron chi connectivity index (χ2n) is 17.0. The molecule has 0 radical (unpaired) electrons. The van der Waals surface area contributed by atoms with E-state index in [4.69, 9.17) is 0 Å². The van der Waals surface area contributed by atoms with Crippen LogP contribution in [0.15, 0.2) is 176 Å². The Morgan fingerprint density at radius 1 is 0.433 bits per heavy atom. The Hall–Kier alpha value is -6.90. The molecule has 0 N–H and O–H groups in total. The molecule has 2 heteroatoms. The van der Waals surface area contributed by atoms with Gasteiger partial charge in [-0.1, -0.05) is 152 Å². The number of hydrogen-bond donors (Lipinski definition) is 0. The summed E-state index contributed by atoms with van der Waals surface area (Å²) in [6, 6.07) is 66.4. The molecule has 1 atom stereocenters. The van der Waals surface area contributed by atoms with Crippen LogP contribution in [0, 0.1) is 0 Å². The second kappa shape index (κ2) is 14.4. The molecule has 1 unspecified atom stereocenters. The molecule has 0 aromatic heterocycles. The van der Waals surface area contributed by atoms with Gasteiger partial charge in [0.25, 0.3) is 0 Å². The zero-order chi connectivity index (χ0) is 39.6. The number of para-hydroxylation sites is 2. The Labute approximate surface area is 352 Å². The van der Waals surface area contributed by atoms with Crippen molar-refractivity contribution in [1.29, 1.82) is 0 Å². The van der Waals surface area contributed by atoms with E-state index in [0.29, 0.717) is 0 Å². The third-order valence-electron chi connectivity index (χ3n) is 13.6. The Morgan fingerprint density at radius 2 is 1.13 bits per heavy atom. The number of fused-ring (bicyclic) bond motifs is 6. The molecule has 9 aromatic carbocycles. The average molecular weight is 771 g/mol. The summed E-state index contributed by atoms with van der Waals surface area (Å²) >= 11 is 0. The van der Waals surface area contributed by atoms with Crippen LogP contribution in [0.1, 0.15) is 30.4 Å². The minimum Gasteiger partial charge on any atom is -0.365 e. The van der Waals surface area contributed by atoms with Crippen LogP contribution < -0.4 is 20.2 Å². The minimum atomic E-state index is 0.258. The topological polar surface area (TPSA) is 6.48 Å². The van der Waals surface area contributed by atoms with Crippen molar-refractivity contribution in [3.8, 4) is 33.4 Å². The maximum Gasteiger partial charge on any atom is 0.0517 e. The highest BCUT2D eigenvalue weighted by atomic mass is 15.2. The van der Waals surface area contributed by atoms with E-state index in [1.54, 1.807) is 0 Å². The van der Waals surface area contributed by atoms with Gasteiger partial charge in [-0.25, -0.2) is 0 Å². The van der Waals surface area contributed by atoms with Crippen molar-refractivity contribution in [1.82, 2.24) is 0 Å². The Bertz CT molecular complexity index is 3260. The molecule has 60 heavy (non-hydrogen) atoms. The van der Waals surface area contributed by atoms with Crippen LogP contribution in [0.3, 0.4) is 0 Å². The van der Waals surface area contributed by atoms with Gasteiger partial charge in [-0.3, -0.25) is 0 Å². The monoisotopic (exact) mass is 770 g/mol. The molecule has 0 spiro atoms. The van der Waals surface area contributed by atoms with Crippen molar-refractivity contribution in [3.05, 3.63) is 197 Å². The lowest BCUT2D eigenvalue weighted by atomic mass is 9.83. The van der Waals surface area contributed by atoms with E-state index in [1.807, 2.05) is 0 Å². The van der Waals surface area contributed by atoms with Gasteiger partial charge in [-0.15, -0.1) is 0 Å². The molecule has 12 rings (SSSR count). The summed E-state index contributed by atoms with van der Waals surface area (Å²) in [5, 5.41) is 10.4. The smallest absolute Gasteiger partial charge is 0.0517 e. The SMILES string of the molecule is C1=c2c(-c3ccc4cc(-c5ccccc5)ccc4c3)c3ccc(N4CCCc5ccccc54)cc3c(-c3cccc4ccccc34)c2=CCC1N1CCCc2ccccc21. The standard InChI is InChI=1S/C58H46N2/c1-2-13-39(14-3-1)43-25-26-45-36-46(28-27-44(45)35-43)57-51-31-29-48(60-34-12-20-42-17-6-9-24-56(42)60)38-54(51)58(50-22-10-18-40-15-4-7-21-49(40)50)52-32-30-47(37-53(52)57)59-33-11-19-41-16-5-8-23-55(41)59/h1-10,13-18,21-29,31-32,35-38,47H,11-12,19-20,30,33-34H2. The molecule has 288 valence electrons. The maximum atomic E-state index is 2.69. The van der Waals surface area contributed by atoms with Crippen molar-refractivity contribution < 1.29 is 0 Å². The minimum absolute atomic E-state index is 0.258. The molecule has 3 aliphatic rings. The van der Waals surface area contributed by atoms with E-state index in [0.717, 1.165) is 38.8 Å². The van der Waals surface area contributed by atoms with Crippen LogP contribution in [0.5, 0.6) is 0 Å². The lowest BCUT2D eigenvalue weighted by Gasteiger charge is -2.37. The van der Waals surface area contributed by atoms with Crippen molar-refractivity contribution in [2.75, 3.05) is 22.9 Å². The van der Waals surface area contributed by atoms with Crippen LogP contribution in [-0.2, 0) is 12.8 Å². The highest BCUT2D eigenvalue weighted by molar-refractivity contribution is 6.12. The van der Waals surface area contributed by atoms with Gasteiger partial charge in [0.15, 0.2) is 0 Å². The molecule has 0 saturated heterocycles. The van der Waals surface area contributed by atoms with Crippen LogP contribution in [0.4, 0.5) is 17.1 Å². The summed E-state index contributed by atoms with van der Waals surface area (Å²) in [6.45, 7) is 2.08. The van der Waals surface area contributed by atoms with E-state index in [9.17, 15) is 0 Å². The molecule has 2 heterocycles. The molecule has 1 aliphatic carbocycles. The predicted molar refractivity (Wildman–Crippen MR) is 256 cm³/mol. The Balaban J connectivity index is 1.15. The lowest BCUT2D eigenvalue weighted by Crippen LogP contribution is -2.43. The summed E-state index contributed by atoms with van der Waals surface area (Å²) in [7, 11) is 0. The fourth-order valence-corrected chi connectivity index (χ4v) is 10.8. The first kappa shape index (κ1) is 35.1. The van der Waals surface area contributed by atoms with Gasteiger partial charge in [-0.05, 0) is 156 Å². The largest absolute Gasteiger partial charge is 0.365 e. The quantitative estimate of drug-likeness (QED) is 0.172. The zero-order valence-electron chi connectivity index (χ0n) is 33.8. The number of aryl methyl sites for hydroxylation is 2. The molecule has 9 aromatic rings. The third kappa shape index (κ3) is 5.85. The van der Waals surface area contributed by atoms with Crippen molar-refractivity contribution >= 4 is 61.5 Å². The average Bonchev–Trinajstić information content (AvgIpc) is 3.32. The molecule has 0 fully saturated rings. The Morgan fingerprint density at radius 3 is 2.00 bits per heavy atom. The highest BCUT2D eigenvalue weighted by Gasteiger charge is 2.27. The first-order valence-corrected chi connectivity index (χ1v) is 21.8. The van der Waals surface area contributed by atoms with Gasteiger partial charge in [-0.2, -0.15) is 0 Å². The molecule has 0 saturated carbocycles. The van der Waals surface area contributed by atoms with Gasteiger partial charge in [0.05, 0.1) is 6.04 Å². The summed E-state index contributed by atoms with van der Waals surface area (Å²) in [4.78, 5) is 5.25. The first-order valence-electron chi connectivity index (χ1n) is 21.8. The molecule has 0 bridgehead atoms. The number of hydrogen-bond acceptors (Lipinski definition) is 2. The van der Waals surface area contributed by atoms with Gasteiger partial charge in [0.1, 0.15) is 0 Å². The predicted octanol–water partition coefficient (Wildman–Crippen LogP) is 13.0. The van der Waals surface area contributed by atoms with E-state index in [1.165, 1.54) is 111 Å². The molecular weight excluding hydrogens is 725 g/mol. The van der Waals surface area contributed by atoms with Crippen molar-refractivity contribution in [3.63, 3.8) is 0 Å². The van der Waals surface area contributed by atoms with Crippen molar-refractivity contribution in [2.24, 2.45) is 0 Å².